The molecule has 1 N–H and O–H groups in total. The minimum atomic E-state index is -0.553. The van der Waals surface area contributed by atoms with Gasteiger partial charge in [0.2, 0.25) is 0 Å². The molecule has 0 aliphatic rings. The zero-order valence-corrected chi connectivity index (χ0v) is 15.2. The van der Waals surface area contributed by atoms with Crippen molar-refractivity contribution in [2.45, 2.75) is 19.4 Å². The lowest BCUT2D eigenvalue weighted by Crippen LogP contribution is -2.32. The minimum Gasteiger partial charge on any atom is -0.480 e. The fourth-order valence-electron chi connectivity index (χ4n) is 3.26. The summed E-state index contributed by atoms with van der Waals surface area (Å²) in [5.74, 6) is 0.592. The van der Waals surface area contributed by atoms with E-state index in [0.29, 0.717) is 6.42 Å². The van der Waals surface area contributed by atoms with E-state index in [1.807, 2.05) is 85.8 Å². The molecule has 1 amide bonds. The van der Waals surface area contributed by atoms with Gasteiger partial charge in [-0.05, 0) is 40.8 Å². The Labute approximate surface area is 158 Å². The number of benzene rings is 4. The number of hydrogen-bond donors (Lipinski definition) is 1. The summed E-state index contributed by atoms with van der Waals surface area (Å²) in [6, 6.07) is 27.9. The molecule has 3 nitrogen and oxygen atoms in total. The van der Waals surface area contributed by atoms with Gasteiger partial charge in [-0.2, -0.15) is 0 Å². The lowest BCUT2D eigenvalue weighted by molar-refractivity contribution is -0.122. The minimum absolute atomic E-state index is 0.138. The molecule has 0 aliphatic heterocycles. The van der Waals surface area contributed by atoms with Crippen molar-refractivity contribution < 1.29 is 9.53 Å². The molecule has 0 spiro atoms. The summed E-state index contributed by atoms with van der Waals surface area (Å²) in [5.41, 5.74) is 0.777. The Morgan fingerprint density at radius 3 is 2.37 bits per heavy atom. The van der Waals surface area contributed by atoms with Crippen molar-refractivity contribution in [3.63, 3.8) is 0 Å². The van der Waals surface area contributed by atoms with Gasteiger partial charge in [-0.1, -0.05) is 73.7 Å². The van der Waals surface area contributed by atoms with Gasteiger partial charge < -0.3 is 10.1 Å². The average molecular weight is 355 g/mol. The zero-order chi connectivity index (χ0) is 18.6. The van der Waals surface area contributed by atoms with Crippen LogP contribution in [0.1, 0.15) is 13.3 Å². The maximum Gasteiger partial charge on any atom is 0.265 e. The Morgan fingerprint density at radius 1 is 0.852 bits per heavy atom. The third-order valence-corrected chi connectivity index (χ3v) is 4.70. The van der Waals surface area contributed by atoms with Crippen molar-refractivity contribution in [1.29, 1.82) is 0 Å². The summed E-state index contributed by atoms with van der Waals surface area (Å²) in [6.07, 6.45) is 0.0325. The summed E-state index contributed by atoms with van der Waals surface area (Å²) in [7, 11) is 0. The molecule has 0 fully saturated rings. The molecule has 0 radical (unpaired) electrons. The molecule has 4 aromatic rings. The second-order valence-corrected chi connectivity index (χ2v) is 6.54. The highest BCUT2D eigenvalue weighted by Crippen LogP contribution is 2.27. The van der Waals surface area contributed by atoms with Crippen LogP contribution in [0.5, 0.6) is 5.75 Å². The number of anilines is 1. The lowest BCUT2D eigenvalue weighted by Gasteiger charge is -2.18. The third-order valence-electron chi connectivity index (χ3n) is 4.70. The van der Waals surface area contributed by atoms with Gasteiger partial charge >= 0.3 is 0 Å². The molecule has 4 rings (SSSR count). The average Bonchev–Trinajstić information content (AvgIpc) is 2.72. The number of amides is 1. The summed E-state index contributed by atoms with van der Waals surface area (Å²) in [5, 5.41) is 7.34. The number of hydrogen-bond acceptors (Lipinski definition) is 2. The van der Waals surface area contributed by atoms with Gasteiger partial charge in [0.1, 0.15) is 5.75 Å². The fraction of sp³-hybridized carbons (Fsp3) is 0.125. The van der Waals surface area contributed by atoms with Crippen LogP contribution < -0.4 is 10.1 Å². The number of carbonyl (C=O) groups excluding carboxylic acids is 1. The van der Waals surface area contributed by atoms with E-state index in [4.69, 9.17) is 4.74 Å². The Kier molecular flexibility index (Phi) is 4.75. The zero-order valence-electron chi connectivity index (χ0n) is 15.2. The van der Waals surface area contributed by atoms with Crippen LogP contribution in [0.25, 0.3) is 21.5 Å². The van der Waals surface area contributed by atoms with Crippen LogP contribution in [0.2, 0.25) is 0 Å². The number of fused-ring (bicyclic) bond motifs is 2. The smallest absolute Gasteiger partial charge is 0.265 e. The molecule has 134 valence electrons. The van der Waals surface area contributed by atoms with E-state index in [2.05, 4.69) is 11.4 Å². The summed E-state index contributed by atoms with van der Waals surface area (Å²) >= 11 is 0. The molecule has 0 saturated carbocycles. The Hall–Kier alpha value is -3.33. The van der Waals surface area contributed by atoms with Crippen molar-refractivity contribution in [1.82, 2.24) is 0 Å². The molecule has 3 heteroatoms. The van der Waals surface area contributed by atoms with Gasteiger partial charge in [-0.3, -0.25) is 4.79 Å². The monoisotopic (exact) mass is 355 g/mol. The molecule has 1 atom stereocenters. The van der Waals surface area contributed by atoms with Crippen molar-refractivity contribution in [3.8, 4) is 5.75 Å². The van der Waals surface area contributed by atoms with Crippen molar-refractivity contribution >= 4 is 33.1 Å². The van der Waals surface area contributed by atoms with E-state index in [1.54, 1.807) is 0 Å². The second-order valence-electron chi connectivity index (χ2n) is 6.54. The van der Waals surface area contributed by atoms with Crippen molar-refractivity contribution in [2.75, 3.05) is 5.32 Å². The predicted molar refractivity (Wildman–Crippen MR) is 111 cm³/mol. The van der Waals surface area contributed by atoms with Gasteiger partial charge in [0.05, 0.1) is 0 Å². The molecular formula is C24H21NO2. The first-order valence-corrected chi connectivity index (χ1v) is 9.18. The summed E-state index contributed by atoms with van der Waals surface area (Å²) in [6.45, 7) is 1.95. The Morgan fingerprint density at radius 2 is 1.56 bits per heavy atom. The number of nitrogens with one attached hydrogen (secondary N) is 1. The summed E-state index contributed by atoms with van der Waals surface area (Å²) in [4.78, 5) is 12.8. The topological polar surface area (TPSA) is 38.3 Å². The first-order chi connectivity index (χ1) is 13.2. The van der Waals surface area contributed by atoms with Gasteiger partial charge in [-0.25, -0.2) is 0 Å². The third kappa shape index (κ3) is 3.63. The van der Waals surface area contributed by atoms with Crippen LogP contribution in [-0.2, 0) is 4.79 Å². The molecule has 0 saturated heterocycles. The standard InChI is InChI=1S/C24H21NO2/c1-2-22(27-23-13-7-11-18-9-5-6-12-21(18)23)24(26)25-20-15-14-17-8-3-4-10-19(17)16-20/h3-16,22H,2H2,1H3,(H,25,26)/t22-/m0/s1. The van der Waals surface area contributed by atoms with Crippen molar-refractivity contribution in [3.05, 3.63) is 84.9 Å². The van der Waals surface area contributed by atoms with E-state index < -0.39 is 6.10 Å². The number of ether oxygens (including phenoxy) is 1. The quantitative estimate of drug-likeness (QED) is 0.492. The fourth-order valence-corrected chi connectivity index (χ4v) is 3.26. The molecule has 27 heavy (non-hydrogen) atoms. The lowest BCUT2D eigenvalue weighted by atomic mass is 10.1. The summed E-state index contributed by atoms with van der Waals surface area (Å²) < 4.78 is 6.09. The Bertz CT molecular complexity index is 1100. The highest BCUT2D eigenvalue weighted by Gasteiger charge is 2.19. The van der Waals surface area contributed by atoms with Crippen LogP contribution in [0.15, 0.2) is 84.9 Å². The van der Waals surface area contributed by atoms with E-state index in [-0.39, 0.29) is 5.91 Å². The van der Waals surface area contributed by atoms with Crippen LogP contribution in [0.3, 0.4) is 0 Å². The van der Waals surface area contributed by atoms with Gasteiger partial charge in [0, 0.05) is 11.1 Å². The molecule has 0 aromatic heterocycles. The van der Waals surface area contributed by atoms with E-state index in [1.165, 1.54) is 0 Å². The SMILES string of the molecule is CC[C@H](Oc1cccc2ccccc12)C(=O)Nc1ccc2ccccc2c1. The predicted octanol–water partition coefficient (Wildman–Crippen LogP) is 5.79. The van der Waals surface area contributed by atoms with Crippen molar-refractivity contribution in [2.24, 2.45) is 0 Å². The molecule has 0 unspecified atom stereocenters. The van der Waals surface area contributed by atoms with Crippen LogP contribution in [0, 0.1) is 0 Å². The Balaban J connectivity index is 1.55. The van der Waals surface area contributed by atoms with Gasteiger partial charge in [0.15, 0.2) is 6.10 Å². The normalized spacial score (nSPS) is 12.0. The maximum atomic E-state index is 12.8. The highest BCUT2D eigenvalue weighted by molar-refractivity contribution is 5.97. The maximum absolute atomic E-state index is 12.8. The van der Waals surface area contributed by atoms with Gasteiger partial charge in [-0.15, -0.1) is 0 Å². The molecule has 0 heterocycles. The highest BCUT2D eigenvalue weighted by atomic mass is 16.5. The number of carbonyl (C=O) groups is 1. The van der Waals surface area contributed by atoms with E-state index >= 15 is 0 Å². The first kappa shape index (κ1) is 17.1. The van der Waals surface area contributed by atoms with Crippen LogP contribution in [0.4, 0.5) is 5.69 Å². The largest absolute Gasteiger partial charge is 0.480 e. The van der Waals surface area contributed by atoms with E-state index in [9.17, 15) is 4.79 Å². The molecule has 0 bridgehead atoms. The first-order valence-electron chi connectivity index (χ1n) is 9.18. The molecular weight excluding hydrogens is 334 g/mol. The van der Waals surface area contributed by atoms with Crippen LogP contribution in [-0.4, -0.2) is 12.0 Å². The van der Waals surface area contributed by atoms with Crippen LogP contribution >= 0.6 is 0 Å². The molecule has 4 aromatic carbocycles. The van der Waals surface area contributed by atoms with Gasteiger partial charge in [0.25, 0.3) is 5.91 Å². The molecule has 0 aliphatic carbocycles. The second kappa shape index (κ2) is 7.50. The van der Waals surface area contributed by atoms with E-state index in [0.717, 1.165) is 33.0 Å². The number of rotatable bonds is 5.